The van der Waals surface area contributed by atoms with Crippen molar-refractivity contribution in [1.29, 1.82) is 0 Å². The summed E-state index contributed by atoms with van der Waals surface area (Å²) in [5.41, 5.74) is 2.30. The summed E-state index contributed by atoms with van der Waals surface area (Å²) in [5, 5.41) is 8.75. The number of hydrogen-bond acceptors (Lipinski definition) is 4. The van der Waals surface area contributed by atoms with Crippen LogP contribution in [0.3, 0.4) is 0 Å². The van der Waals surface area contributed by atoms with Gasteiger partial charge in [-0.25, -0.2) is 0 Å². The van der Waals surface area contributed by atoms with Gasteiger partial charge < -0.3 is 20.7 Å². The molecule has 0 aliphatic carbocycles. The van der Waals surface area contributed by atoms with Crippen molar-refractivity contribution in [2.45, 2.75) is 33.3 Å². The van der Waals surface area contributed by atoms with E-state index in [4.69, 9.17) is 4.74 Å². The maximum absolute atomic E-state index is 12.0. The lowest BCUT2D eigenvalue weighted by molar-refractivity contribution is -0.116. The minimum atomic E-state index is -0.119. The molecule has 0 fully saturated rings. The van der Waals surface area contributed by atoms with Crippen LogP contribution < -0.4 is 20.7 Å². The summed E-state index contributed by atoms with van der Waals surface area (Å²) in [7, 11) is 0. The Kier molecular flexibility index (Phi) is 7.02. The number of carbonyl (C=O) groups is 2. The summed E-state index contributed by atoms with van der Waals surface area (Å²) in [5.74, 6) is 0.582. The van der Waals surface area contributed by atoms with Gasteiger partial charge in [-0.1, -0.05) is 6.07 Å². The molecule has 0 aromatic heterocycles. The van der Waals surface area contributed by atoms with Gasteiger partial charge in [-0.3, -0.25) is 9.59 Å². The molecule has 3 N–H and O–H groups in total. The predicted octanol–water partition coefficient (Wildman–Crippen LogP) is 3.87. The first-order valence-corrected chi connectivity index (χ1v) is 8.60. The smallest absolute Gasteiger partial charge is 0.226 e. The Morgan fingerprint density at radius 3 is 2.31 bits per heavy atom. The standard InChI is InChI=1S/C20H25N3O3/c1-14(2)26-19-9-7-16(8-10-19)23-20(25)11-12-21-17-5-4-6-18(13-17)22-15(3)24/h4-10,13-14,21H,11-12H2,1-3H3,(H,22,24)(H,23,25). The Balaban J connectivity index is 1.77. The van der Waals surface area contributed by atoms with E-state index in [1.54, 1.807) is 0 Å². The van der Waals surface area contributed by atoms with Crippen molar-refractivity contribution in [1.82, 2.24) is 0 Å². The lowest BCUT2D eigenvalue weighted by atomic mass is 10.2. The molecule has 138 valence electrons. The predicted molar refractivity (Wildman–Crippen MR) is 105 cm³/mol. The highest BCUT2D eigenvalue weighted by Crippen LogP contribution is 2.17. The number of anilines is 3. The van der Waals surface area contributed by atoms with Crippen LogP contribution in [0.25, 0.3) is 0 Å². The van der Waals surface area contributed by atoms with E-state index in [-0.39, 0.29) is 17.9 Å². The zero-order valence-corrected chi connectivity index (χ0v) is 15.3. The second-order valence-electron chi connectivity index (χ2n) is 6.18. The number of nitrogens with one attached hydrogen (secondary N) is 3. The molecule has 2 aromatic rings. The molecule has 0 atom stereocenters. The van der Waals surface area contributed by atoms with Crippen molar-refractivity contribution in [2.75, 3.05) is 22.5 Å². The van der Waals surface area contributed by atoms with E-state index >= 15 is 0 Å². The summed E-state index contributed by atoms with van der Waals surface area (Å²) in [6.45, 7) is 5.89. The molecule has 0 spiro atoms. The van der Waals surface area contributed by atoms with Gasteiger partial charge in [-0.2, -0.15) is 0 Å². The molecule has 0 saturated heterocycles. The molecule has 2 rings (SSSR count). The largest absolute Gasteiger partial charge is 0.491 e. The molecule has 6 nitrogen and oxygen atoms in total. The molecule has 0 radical (unpaired) electrons. The molecule has 26 heavy (non-hydrogen) atoms. The van der Waals surface area contributed by atoms with Crippen LogP contribution in [-0.4, -0.2) is 24.5 Å². The molecule has 0 aliphatic rings. The van der Waals surface area contributed by atoms with Gasteiger partial charge in [0.05, 0.1) is 6.10 Å². The second-order valence-corrected chi connectivity index (χ2v) is 6.18. The Bertz CT molecular complexity index is 742. The quantitative estimate of drug-likeness (QED) is 0.671. The summed E-state index contributed by atoms with van der Waals surface area (Å²) < 4.78 is 5.57. The van der Waals surface area contributed by atoms with Crippen molar-refractivity contribution < 1.29 is 14.3 Å². The summed E-state index contributed by atoms with van der Waals surface area (Å²) >= 11 is 0. The zero-order chi connectivity index (χ0) is 18.9. The highest BCUT2D eigenvalue weighted by molar-refractivity contribution is 5.91. The van der Waals surface area contributed by atoms with Gasteiger partial charge in [0.15, 0.2) is 0 Å². The highest BCUT2D eigenvalue weighted by atomic mass is 16.5. The molecule has 0 unspecified atom stereocenters. The minimum Gasteiger partial charge on any atom is -0.491 e. The first kappa shape index (κ1) is 19.3. The fraction of sp³-hybridized carbons (Fsp3) is 0.300. The molecule has 6 heteroatoms. The fourth-order valence-corrected chi connectivity index (χ4v) is 2.34. The topological polar surface area (TPSA) is 79.5 Å². The Hall–Kier alpha value is -3.02. The number of rotatable bonds is 8. The molecule has 0 aliphatic heterocycles. The first-order chi connectivity index (χ1) is 12.4. The maximum Gasteiger partial charge on any atom is 0.226 e. The highest BCUT2D eigenvalue weighted by Gasteiger charge is 2.04. The third kappa shape index (κ3) is 6.84. The van der Waals surface area contributed by atoms with Crippen LogP contribution in [-0.2, 0) is 9.59 Å². The normalized spacial score (nSPS) is 10.3. The van der Waals surface area contributed by atoms with E-state index in [0.29, 0.717) is 13.0 Å². The van der Waals surface area contributed by atoms with Crippen LogP contribution in [0.2, 0.25) is 0 Å². The van der Waals surface area contributed by atoms with E-state index in [0.717, 1.165) is 22.8 Å². The lowest BCUT2D eigenvalue weighted by Crippen LogP contribution is -2.16. The van der Waals surface area contributed by atoms with Crippen molar-refractivity contribution in [3.05, 3.63) is 48.5 Å². The van der Waals surface area contributed by atoms with Crippen LogP contribution in [0, 0.1) is 0 Å². The Morgan fingerprint density at radius 1 is 0.962 bits per heavy atom. The van der Waals surface area contributed by atoms with Crippen LogP contribution in [0.15, 0.2) is 48.5 Å². The summed E-state index contributed by atoms with van der Waals surface area (Å²) in [6.07, 6.45) is 0.444. The molecular weight excluding hydrogens is 330 g/mol. The van der Waals surface area contributed by atoms with Crippen molar-refractivity contribution in [2.24, 2.45) is 0 Å². The van der Waals surface area contributed by atoms with E-state index in [1.165, 1.54) is 6.92 Å². The van der Waals surface area contributed by atoms with Crippen molar-refractivity contribution in [3.8, 4) is 5.75 Å². The van der Waals surface area contributed by atoms with Gasteiger partial charge in [0.25, 0.3) is 0 Å². The Morgan fingerprint density at radius 2 is 1.65 bits per heavy atom. The van der Waals surface area contributed by atoms with E-state index in [2.05, 4.69) is 16.0 Å². The minimum absolute atomic E-state index is 0.0759. The van der Waals surface area contributed by atoms with E-state index in [9.17, 15) is 9.59 Å². The average Bonchev–Trinajstić information content (AvgIpc) is 2.56. The van der Waals surface area contributed by atoms with Gasteiger partial charge in [-0.05, 0) is 56.3 Å². The van der Waals surface area contributed by atoms with Gasteiger partial charge in [0.1, 0.15) is 5.75 Å². The number of hydrogen-bond donors (Lipinski definition) is 3. The second kappa shape index (κ2) is 9.46. The Labute approximate surface area is 153 Å². The number of benzene rings is 2. The zero-order valence-electron chi connectivity index (χ0n) is 15.3. The van der Waals surface area contributed by atoms with Gasteiger partial charge in [-0.15, -0.1) is 0 Å². The third-order valence-corrected chi connectivity index (χ3v) is 3.37. The van der Waals surface area contributed by atoms with Gasteiger partial charge in [0, 0.05) is 37.0 Å². The maximum atomic E-state index is 12.0. The third-order valence-electron chi connectivity index (χ3n) is 3.37. The van der Waals surface area contributed by atoms with Gasteiger partial charge >= 0.3 is 0 Å². The van der Waals surface area contributed by atoms with E-state index < -0.39 is 0 Å². The fourth-order valence-electron chi connectivity index (χ4n) is 2.34. The van der Waals surface area contributed by atoms with Gasteiger partial charge in [0.2, 0.25) is 11.8 Å². The number of carbonyl (C=O) groups excluding carboxylic acids is 2. The lowest BCUT2D eigenvalue weighted by Gasteiger charge is -2.11. The summed E-state index contributed by atoms with van der Waals surface area (Å²) in [4.78, 5) is 23.1. The molecule has 0 bridgehead atoms. The van der Waals surface area contributed by atoms with Crippen LogP contribution in [0.5, 0.6) is 5.75 Å². The molecule has 2 amide bonds. The molecule has 0 heterocycles. The van der Waals surface area contributed by atoms with E-state index in [1.807, 2.05) is 62.4 Å². The average molecular weight is 355 g/mol. The van der Waals surface area contributed by atoms with Crippen LogP contribution >= 0.6 is 0 Å². The number of ether oxygens (including phenoxy) is 1. The number of amides is 2. The monoisotopic (exact) mass is 355 g/mol. The molecular formula is C20H25N3O3. The SMILES string of the molecule is CC(=O)Nc1cccc(NCCC(=O)Nc2ccc(OC(C)C)cc2)c1. The molecule has 2 aromatic carbocycles. The first-order valence-electron chi connectivity index (χ1n) is 8.60. The summed E-state index contributed by atoms with van der Waals surface area (Å²) in [6, 6.07) is 14.7. The van der Waals surface area contributed by atoms with Crippen LogP contribution in [0.1, 0.15) is 27.2 Å². The van der Waals surface area contributed by atoms with Crippen molar-refractivity contribution >= 4 is 28.9 Å². The van der Waals surface area contributed by atoms with Crippen molar-refractivity contribution in [3.63, 3.8) is 0 Å². The molecule has 0 saturated carbocycles. The van der Waals surface area contributed by atoms with Crippen LogP contribution in [0.4, 0.5) is 17.1 Å².